The third kappa shape index (κ3) is 4.33. The molecule has 0 unspecified atom stereocenters. The van der Waals surface area contributed by atoms with Crippen LogP contribution in [0.3, 0.4) is 0 Å². The van der Waals surface area contributed by atoms with Crippen molar-refractivity contribution in [2.45, 2.75) is 5.41 Å². The first-order valence-corrected chi connectivity index (χ1v) is 18.3. The molecule has 2 aliphatic carbocycles. The van der Waals surface area contributed by atoms with Crippen molar-refractivity contribution in [3.63, 3.8) is 0 Å². The lowest BCUT2D eigenvalue weighted by Gasteiger charge is -2.31. The molecule has 0 fully saturated rings. The Morgan fingerprint density at radius 3 is 1.45 bits per heavy atom. The van der Waals surface area contributed by atoms with Gasteiger partial charge in [-0.05, 0) is 78.5 Å². The summed E-state index contributed by atoms with van der Waals surface area (Å²) in [5.74, 6) is 0.720. The smallest absolute Gasteiger partial charge is 0.160 e. The minimum atomic E-state index is -0.419. The largest absolute Gasteiger partial charge is 0.228 e. The van der Waals surface area contributed by atoms with Crippen LogP contribution in [0.15, 0.2) is 194 Å². The van der Waals surface area contributed by atoms with Crippen molar-refractivity contribution in [2.24, 2.45) is 0 Å². The Hall–Kier alpha value is -6.90. The molecule has 1 heterocycles. The summed E-state index contributed by atoms with van der Waals surface area (Å²) in [4.78, 5) is 10.1. The number of hydrogen-bond acceptors (Lipinski definition) is 2. The molecule has 2 heteroatoms. The van der Waals surface area contributed by atoms with Crippen LogP contribution in [0.1, 0.15) is 22.3 Å². The standard InChI is InChI=1S/C51H32N2/c1-3-15-34(16-4-1)46-32-47(53-50(52-46)36-17-5-2-6-18-36)35-29-27-33(28-30-35)42-31-37-19-7-8-20-38(37)49-48(42)41-23-11-14-26-45(41)51(49)43-24-12-9-21-39(43)40-22-10-13-25-44(40)51/h1-32H. The van der Waals surface area contributed by atoms with Crippen molar-refractivity contribution in [3.05, 3.63) is 216 Å². The summed E-state index contributed by atoms with van der Waals surface area (Å²) in [7, 11) is 0. The molecular formula is C51H32N2. The summed E-state index contributed by atoms with van der Waals surface area (Å²) in [6.45, 7) is 0. The molecule has 53 heavy (non-hydrogen) atoms. The molecule has 2 aliphatic rings. The van der Waals surface area contributed by atoms with E-state index in [0.717, 1.165) is 33.9 Å². The third-order valence-corrected chi connectivity index (χ3v) is 11.3. The van der Waals surface area contributed by atoms with Crippen LogP contribution in [-0.2, 0) is 5.41 Å². The highest BCUT2D eigenvalue weighted by molar-refractivity contribution is 6.09. The summed E-state index contributed by atoms with van der Waals surface area (Å²) in [6, 6.07) is 70.2. The average Bonchev–Trinajstić information content (AvgIpc) is 3.72. The number of nitrogens with zero attached hydrogens (tertiary/aromatic N) is 2. The molecular weight excluding hydrogens is 641 g/mol. The van der Waals surface area contributed by atoms with Gasteiger partial charge in [-0.15, -0.1) is 0 Å². The van der Waals surface area contributed by atoms with Gasteiger partial charge in [0.2, 0.25) is 0 Å². The van der Waals surface area contributed by atoms with Crippen molar-refractivity contribution in [2.75, 3.05) is 0 Å². The first kappa shape index (κ1) is 29.8. The van der Waals surface area contributed by atoms with Gasteiger partial charge in [-0.3, -0.25) is 0 Å². The van der Waals surface area contributed by atoms with Gasteiger partial charge in [0.05, 0.1) is 16.8 Å². The van der Waals surface area contributed by atoms with Crippen molar-refractivity contribution in [1.29, 1.82) is 0 Å². The van der Waals surface area contributed by atoms with Crippen LogP contribution in [0, 0.1) is 0 Å². The SMILES string of the molecule is c1ccc(-c2cc(-c3ccc(-c4cc5ccccc5c5c4-c4ccccc4C54c5ccccc5-c5ccccc54)cc3)nc(-c3ccccc3)n2)cc1. The topological polar surface area (TPSA) is 25.8 Å². The Bertz CT molecular complexity index is 2770. The maximum absolute atomic E-state index is 5.11. The van der Waals surface area contributed by atoms with Gasteiger partial charge in [0, 0.05) is 16.7 Å². The number of rotatable bonds is 4. The molecule has 0 radical (unpaired) electrons. The van der Waals surface area contributed by atoms with E-state index in [1.807, 2.05) is 24.3 Å². The first-order chi connectivity index (χ1) is 26.3. The predicted octanol–water partition coefficient (Wildman–Crippen LogP) is 12.6. The van der Waals surface area contributed by atoms with Crippen LogP contribution in [0.4, 0.5) is 0 Å². The fourth-order valence-corrected chi connectivity index (χ4v) is 9.09. The molecule has 0 saturated carbocycles. The van der Waals surface area contributed by atoms with Crippen LogP contribution < -0.4 is 0 Å². The lowest BCUT2D eigenvalue weighted by atomic mass is 9.69. The molecule has 0 aliphatic heterocycles. The zero-order valence-corrected chi connectivity index (χ0v) is 28.9. The summed E-state index contributed by atoms with van der Waals surface area (Å²) >= 11 is 0. The van der Waals surface area contributed by atoms with Gasteiger partial charge in [0.1, 0.15) is 0 Å². The molecule has 0 bridgehead atoms. The Kier molecular flexibility index (Phi) is 6.50. The van der Waals surface area contributed by atoms with E-state index < -0.39 is 5.41 Å². The fourth-order valence-electron chi connectivity index (χ4n) is 9.09. The molecule has 0 atom stereocenters. The van der Waals surface area contributed by atoms with E-state index >= 15 is 0 Å². The van der Waals surface area contributed by atoms with E-state index in [9.17, 15) is 0 Å². The molecule has 1 aromatic heterocycles. The second-order valence-corrected chi connectivity index (χ2v) is 14.1. The average molecular weight is 673 g/mol. The van der Waals surface area contributed by atoms with Crippen molar-refractivity contribution < 1.29 is 0 Å². The zero-order chi connectivity index (χ0) is 34.9. The van der Waals surface area contributed by atoms with Gasteiger partial charge in [-0.2, -0.15) is 0 Å². The van der Waals surface area contributed by atoms with Gasteiger partial charge in [-0.1, -0.05) is 182 Å². The van der Waals surface area contributed by atoms with Gasteiger partial charge >= 0.3 is 0 Å². The second kappa shape index (κ2) is 11.6. The number of benzene rings is 8. The maximum atomic E-state index is 5.11. The van der Waals surface area contributed by atoms with E-state index in [1.54, 1.807) is 0 Å². The zero-order valence-electron chi connectivity index (χ0n) is 28.9. The van der Waals surface area contributed by atoms with Crippen LogP contribution in [0.5, 0.6) is 0 Å². The van der Waals surface area contributed by atoms with Crippen LogP contribution in [0.2, 0.25) is 0 Å². The Labute approximate surface area is 308 Å². The summed E-state index contributed by atoms with van der Waals surface area (Å²) in [5, 5.41) is 2.55. The fraction of sp³-hybridized carbons (Fsp3) is 0.0196. The van der Waals surface area contributed by atoms with Crippen LogP contribution in [0.25, 0.3) is 78.1 Å². The van der Waals surface area contributed by atoms with E-state index in [-0.39, 0.29) is 0 Å². The number of fused-ring (bicyclic) bond motifs is 12. The molecule has 0 saturated heterocycles. The summed E-state index contributed by atoms with van der Waals surface area (Å²) in [5.41, 5.74) is 17.6. The second-order valence-electron chi connectivity index (χ2n) is 14.1. The Morgan fingerprint density at radius 2 is 0.811 bits per heavy atom. The lowest BCUT2D eigenvalue weighted by Crippen LogP contribution is -2.26. The predicted molar refractivity (Wildman–Crippen MR) is 218 cm³/mol. The quantitative estimate of drug-likeness (QED) is 0.186. The number of aromatic nitrogens is 2. The number of hydrogen-bond donors (Lipinski definition) is 0. The van der Waals surface area contributed by atoms with E-state index in [2.05, 4.69) is 170 Å². The van der Waals surface area contributed by atoms with E-state index in [4.69, 9.17) is 9.97 Å². The molecule has 2 nitrogen and oxygen atoms in total. The highest BCUT2D eigenvalue weighted by Crippen LogP contribution is 2.65. The minimum absolute atomic E-state index is 0.419. The lowest BCUT2D eigenvalue weighted by molar-refractivity contribution is 0.801. The first-order valence-electron chi connectivity index (χ1n) is 18.3. The molecule has 0 N–H and O–H groups in total. The minimum Gasteiger partial charge on any atom is -0.228 e. The molecule has 9 aromatic rings. The van der Waals surface area contributed by atoms with Crippen LogP contribution in [-0.4, -0.2) is 9.97 Å². The summed E-state index contributed by atoms with van der Waals surface area (Å²) in [6.07, 6.45) is 0. The van der Waals surface area contributed by atoms with E-state index in [1.165, 1.54) is 66.4 Å². The van der Waals surface area contributed by atoms with Gasteiger partial charge in [0.15, 0.2) is 5.82 Å². The highest BCUT2D eigenvalue weighted by atomic mass is 14.9. The Morgan fingerprint density at radius 1 is 0.340 bits per heavy atom. The third-order valence-electron chi connectivity index (χ3n) is 11.3. The maximum Gasteiger partial charge on any atom is 0.160 e. The molecule has 246 valence electrons. The molecule has 8 aromatic carbocycles. The van der Waals surface area contributed by atoms with Gasteiger partial charge < -0.3 is 0 Å². The van der Waals surface area contributed by atoms with Crippen molar-refractivity contribution >= 4 is 10.8 Å². The van der Waals surface area contributed by atoms with Crippen molar-refractivity contribution in [1.82, 2.24) is 9.97 Å². The molecule has 11 rings (SSSR count). The van der Waals surface area contributed by atoms with Crippen LogP contribution >= 0.6 is 0 Å². The monoisotopic (exact) mass is 672 g/mol. The molecule has 0 amide bonds. The van der Waals surface area contributed by atoms with E-state index in [0.29, 0.717) is 0 Å². The normalized spacial score (nSPS) is 13.1. The van der Waals surface area contributed by atoms with Gasteiger partial charge in [-0.25, -0.2) is 9.97 Å². The molecule has 1 spiro atoms. The van der Waals surface area contributed by atoms with Gasteiger partial charge in [0.25, 0.3) is 0 Å². The highest BCUT2D eigenvalue weighted by Gasteiger charge is 2.52. The summed E-state index contributed by atoms with van der Waals surface area (Å²) < 4.78 is 0. The van der Waals surface area contributed by atoms with Crippen molar-refractivity contribution in [3.8, 4) is 67.3 Å². The Balaban J connectivity index is 1.14.